The highest BCUT2D eigenvalue weighted by Crippen LogP contribution is 2.19. The number of benzene rings is 1. The molecule has 13 heavy (non-hydrogen) atoms. The lowest BCUT2D eigenvalue weighted by molar-refractivity contribution is 0.733. The highest BCUT2D eigenvalue weighted by atomic mass is 32.1. The van der Waals surface area contributed by atoms with Crippen molar-refractivity contribution in [1.82, 2.24) is 0 Å². The largest absolute Gasteiger partial charge is 0.143 e. The van der Waals surface area contributed by atoms with Crippen molar-refractivity contribution in [3.8, 4) is 0 Å². The summed E-state index contributed by atoms with van der Waals surface area (Å²) in [6.45, 7) is 8.45. The Labute approximate surface area is 87.8 Å². The van der Waals surface area contributed by atoms with Crippen molar-refractivity contribution in [3.05, 3.63) is 29.8 Å². The summed E-state index contributed by atoms with van der Waals surface area (Å²) in [5, 5.41) is 0. The molecular weight excluding hydrogens is 176 g/mol. The summed E-state index contributed by atoms with van der Waals surface area (Å²) in [6.07, 6.45) is 1.20. The molecule has 0 fully saturated rings. The van der Waals surface area contributed by atoms with E-state index in [1.165, 1.54) is 12.0 Å². The van der Waals surface area contributed by atoms with Crippen LogP contribution >= 0.6 is 12.6 Å². The molecule has 1 atom stereocenters. The second-order valence-electron chi connectivity index (χ2n) is 2.90. The van der Waals surface area contributed by atoms with Gasteiger partial charge >= 0.3 is 0 Å². The first kappa shape index (κ1) is 12.6. The first-order valence-corrected chi connectivity index (χ1v) is 5.47. The van der Waals surface area contributed by atoms with Gasteiger partial charge in [0.1, 0.15) is 0 Å². The third-order valence-corrected chi connectivity index (χ3v) is 2.37. The van der Waals surface area contributed by atoms with Gasteiger partial charge in [0.2, 0.25) is 0 Å². The molecule has 1 heteroatoms. The third-order valence-electron chi connectivity index (χ3n) is 2.07. The number of hydrogen-bond acceptors (Lipinski definition) is 1. The van der Waals surface area contributed by atoms with Gasteiger partial charge in [-0.15, -0.1) is 12.6 Å². The van der Waals surface area contributed by atoms with E-state index in [0.29, 0.717) is 5.92 Å². The summed E-state index contributed by atoms with van der Waals surface area (Å²) in [5.41, 5.74) is 1.41. The minimum atomic E-state index is 0.670. The van der Waals surface area contributed by atoms with Gasteiger partial charge in [-0.3, -0.25) is 0 Å². The van der Waals surface area contributed by atoms with Crippen LogP contribution in [0.3, 0.4) is 0 Å². The molecule has 0 heterocycles. The van der Waals surface area contributed by atoms with Crippen molar-refractivity contribution < 1.29 is 0 Å². The van der Waals surface area contributed by atoms with E-state index in [4.69, 9.17) is 0 Å². The maximum Gasteiger partial charge on any atom is 0.00401 e. The van der Waals surface area contributed by atoms with Gasteiger partial charge in [0.15, 0.2) is 0 Å². The van der Waals surface area contributed by atoms with Crippen LogP contribution in [0.5, 0.6) is 0 Å². The van der Waals surface area contributed by atoms with Gasteiger partial charge in [-0.05, 0) is 30.0 Å². The highest BCUT2D eigenvalue weighted by Gasteiger charge is 2.00. The fourth-order valence-corrected chi connectivity index (χ4v) is 1.19. The molecule has 0 saturated heterocycles. The summed E-state index contributed by atoms with van der Waals surface area (Å²) >= 11 is 4.23. The van der Waals surface area contributed by atoms with Crippen LogP contribution in [0.25, 0.3) is 0 Å². The van der Waals surface area contributed by atoms with E-state index in [1.54, 1.807) is 0 Å². The zero-order chi connectivity index (χ0) is 10.3. The summed E-state index contributed by atoms with van der Waals surface area (Å²) in [5.74, 6) is 0.670. The van der Waals surface area contributed by atoms with E-state index in [9.17, 15) is 0 Å². The first-order valence-electron chi connectivity index (χ1n) is 5.03. The molecule has 74 valence electrons. The quantitative estimate of drug-likeness (QED) is 0.661. The molecule has 0 aliphatic carbocycles. The maximum atomic E-state index is 4.23. The van der Waals surface area contributed by atoms with Crippen LogP contribution in [0, 0.1) is 0 Å². The van der Waals surface area contributed by atoms with Gasteiger partial charge in [-0.1, -0.05) is 39.8 Å². The Bertz CT molecular complexity index is 213. The van der Waals surface area contributed by atoms with Crippen molar-refractivity contribution >= 4 is 12.6 Å². The Hall–Kier alpha value is -0.430. The zero-order valence-corrected chi connectivity index (χ0v) is 9.94. The van der Waals surface area contributed by atoms with Crippen LogP contribution in [0.15, 0.2) is 29.2 Å². The highest BCUT2D eigenvalue weighted by molar-refractivity contribution is 7.80. The van der Waals surface area contributed by atoms with Crippen LogP contribution in [-0.4, -0.2) is 0 Å². The summed E-state index contributed by atoms with van der Waals surface area (Å²) in [4.78, 5) is 1.04. The molecule has 1 aromatic carbocycles. The smallest absolute Gasteiger partial charge is 0.00401 e. The van der Waals surface area contributed by atoms with Gasteiger partial charge in [-0.25, -0.2) is 0 Å². The molecule has 0 aliphatic heterocycles. The minimum absolute atomic E-state index is 0.670. The van der Waals surface area contributed by atoms with Gasteiger partial charge in [0.25, 0.3) is 0 Å². The number of thiol groups is 1. The molecule has 0 aliphatic rings. The monoisotopic (exact) mass is 196 g/mol. The molecule has 0 N–H and O–H groups in total. The van der Waals surface area contributed by atoms with Crippen molar-refractivity contribution in [2.24, 2.45) is 0 Å². The maximum absolute atomic E-state index is 4.23. The lowest BCUT2D eigenvalue weighted by Gasteiger charge is -2.07. The van der Waals surface area contributed by atoms with Gasteiger partial charge in [0.05, 0.1) is 0 Å². The second kappa shape index (κ2) is 7.02. The molecule has 0 radical (unpaired) electrons. The summed E-state index contributed by atoms with van der Waals surface area (Å²) in [7, 11) is 0. The second-order valence-corrected chi connectivity index (χ2v) is 3.42. The van der Waals surface area contributed by atoms with Crippen molar-refractivity contribution in [2.75, 3.05) is 0 Å². The zero-order valence-electron chi connectivity index (χ0n) is 9.04. The average molecular weight is 196 g/mol. The molecule has 0 nitrogen and oxygen atoms in total. The predicted molar refractivity (Wildman–Crippen MR) is 63.7 cm³/mol. The molecule has 0 bridgehead atoms. The topological polar surface area (TPSA) is 0 Å². The van der Waals surface area contributed by atoms with Crippen molar-refractivity contribution in [3.63, 3.8) is 0 Å². The van der Waals surface area contributed by atoms with E-state index < -0.39 is 0 Å². The van der Waals surface area contributed by atoms with Crippen LogP contribution in [-0.2, 0) is 0 Å². The van der Waals surface area contributed by atoms with Crippen LogP contribution in [0.1, 0.15) is 45.6 Å². The van der Waals surface area contributed by atoms with Gasteiger partial charge < -0.3 is 0 Å². The van der Waals surface area contributed by atoms with E-state index in [-0.39, 0.29) is 0 Å². The number of hydrogen-bond donors (Lipinski definition) is 1. The molecule has 0 spiro atoms. The summed E-state index contributed by atoms with van der Waals surface area (Å²) < 4.78 is 0. The molecule has 0 aromatic heterocycles. The van der Waals surface area contributed by atoms with E-state index in [1.807, 2.05) is 26.0 Å². The third kappa shape index (κ3) is 4.37. The Kier molecular flexibility index (Phi) is 6.79. The summed E-state index contributed by atoms with van der Waals surface area (Å²) in [6, 6.07) is 8.39. The van der Waals surface area contributed by atoms with Crippen LogP contribution < -0.4 is 0 Å². The molecule has 1 unspecified atom stereocenters. The first-order chi connectivity index (χ1) is 6.24. The lowest BCUT2D eigenvalue weighted by Crippen LogP contribution is -1.89. The lowest BCUT2D eigenvalue weighted by atomic mass is 9.99. The minimum Gasteiger partial charge on any atom is -0.143 e. The predicted octanol–water partition coefficient (Wildman–Crippen LogP) is 4.52. The van der Waals surface area contributed by atoms with E-state index in [0.717, 1.165) is 4.90 Å². The Morgan fingerprint density at radius 2 is 1.62 bits per heavy atom. The van der Waals surface area contributed by atoms with Crippen LogP contribution in [0.4, 0.5) is 0 Å². The normalized spacial score (nSPS) is 11.5. The number of rotatable bonds is 2. The standard InChI is InChI=1S/C10H14S.C2H6/c1-3-8(2)9-4-6-10(11)7-5-9;1-2/h4-8,11H,3H2,1-2H3;1-2H3. The van der Waals surface area contributed by atoms with Crippen molar-refractivity contribution in [2.45, 2.75) is 44.9 Å². The van der Waals surface area contributed by atoms with Gasteiger partial charge in [0, 0.05) is 4.90 Å². The SMILES string of the molecule is CC.CCC(C)c1ccc(S)cc1. The Morgan fingerprint density at radius 1 is 1.15 bits per heavy atom. The fraction of sp³-hybridized carbons (Fsp3) is 0.500. The Balaban J connectivity index is 0.000000671. The van der Waals surface area contributed by atoms with Crippen molar-refractivity contribution in [1.29, 1.82) is 0 Å². The average Bonchev–Trinajstić information content (AvgIpc) is 2.21. The molecule has 1 rings (SSSR count). The molecule has 0 saturated carbocycles. The van der Waals surface area contributed by atoms with Crippen LogP contribution in [0.2, 0.25) is 0 Å². The van der Waals surface area contributed by atoms with E-state index >= 15 is 0 Å². The molecular formula is C12H20S. The molecule has 0 amide bonds. The van der Waals surface area contributed by atoms with Gasteiger partial charge in [-0.2, -0.15) is 0 Å². The fourth-order valence-electron chi connectivity index (χ4n) is 1.04. The van der Waals surface area contributed by atoms with E-state index in [2.05, 4.69) is 38.6 Å². The molecule has 1 aromatic rings. The Morgan fingerprint density at radius 3 is 2.00 bits per heavy atom.